The monoisotopic (exact) mass is 269 g/mol. The molecule has 19 heavy (non-hydrogen) atoms. The third kappa shape index (κ3) is 5.05. The topological polar surface area (TPSA) is 18.5 Å². The van der Waals surface area contributed by atoms with Gasteiger partial charge in [0.2, 0.25) is 0 Å². The summed E-state index contributed by atoms with van der Waals surface area (Å²) in [6, 6.07) is 0.676. The zero-order valence-corrected chi connectivity index (χ0v) is 14.0. The Bertz CT molecular complexity index is 250. The van der Waals surface area contributed by atoms with Crippen molar-refractivity contribution in [3.8, 4) is 0 Å². The van der Waals surface area contributed by atoms with Gasteiger partial charge in [0.25, 0.3) is 0 Å². The third-order valence-electron chi connectivity index (χ3n) is 4.80. The van der Waals surface area contributed by atoms with Gasteiger partial charge < -0.3 is 15.1 Å². The maximum atomic E-state index is 3.57. The standard InChI is InChI=1S/C16H35N3/c1-7-19(12-8-11-18(5)6)13-14-9-10-16(2,3)15(14)17-4/h14-15,17H,7-13H2,1-6H3. The Balaban J connectivity index is 2.42. The molecule has 0 heterocycles. The third-order valence-corrected chi connectivity index (χ3v) is 4.80. The van der Waals surface area contributed by atoms with E-state index in [9.17, 15) is 0 Å². The first-order valence-electron chi connectivity index (χ1n) is 7.95. The first-order chi connectivity index (χ1) is 8.90. The highest BCUT2D eigenvalue weighted by atomic mass is 15.1. The number of rotatable bonds is 8. The largest absolute Gasteiger partial charge is 0.316 e. The van der Waals surface area contributed by atoms with Crippen molar-refractivity contribution in [1.29, 1.82) is 0 Å². The molecule has 3 nitrogen and oxygen atoms in total. The van der Waals surface area contributed by atoms with Gasteiger partial charge >= 0.3 is 0 Å². The van der Waals surface area contributed by atoms with E-state index in [0.29, 0.717) is 11.5 Å². The van der Waals surface area contributed by atoms with Crippen LogP contribution in [0.1, 0.15) is 40.0 Å². The number of hydrogen-bond donors (Lipinski definition) is 1. The summed E-state index contributed by atoms with van der Waals surface area (Å²) >= 11 is 0. The van der Waals surface area contributed by atoms with Crippen molar-refractivity contribution in [3.63, 3.8) is 0 Å². The zero-order chi connectivity index (χ0) is 14.5. The highest BCUT2D eigenvalue weighted by Crippen LogP contribution is 2.41. The van der Waals surface area contributed by atoms with E-state index >= 15 is 0 Å². The molecule has 0 aromatic rings. The van der Waals surface area contributed by atoms with Crippen LogP contribution >= 0.6 is 0 Å². The molecule has 3 heteroatoms. The number of nitrogens with zero attached hydrogens (tertiary/aromatic N) is 2. The molecule has 0 amide bonds. The Morgan fingerprint density at radius 1 is 1.21 bits per heavy atom. The molecule has 1 saturated carbocycles. The van der Waals surface area contributed by atoms with Crippen LogP contribution in [-0.4, -0.2) is 63.2 Å². The van der Waals surface area contributed by atoms with Crippen LogP contribution in [-0.2, 0) is 0 Å². The fourth-order valence-corrected chi connectivity index (χ4v) is 3.66. The number of hydrogen-bond acceptors (Lipinski definition) is 3. The molecule has 0 spiro atoms. The zero-order valence-electron chi connectivity index (χ0n) is 14.0. The van der Waals surface area contributed by atoms with E-state index in [1.54, 1.807) is 0 Å². The van der Waals surface area contributed by atoms with Crippen LogP contribution in [0, 0.1) is 11.3 Å². The lowest BCUT2D eigenvalue weighted by Gasteiger charge is -2.33. The summed E-state index contributed by atoms with van der Waals surface area (Å²) in [5, 5.41) is 3.57. The molecular formula is C16H35N3. The minimum Gasteiger partial charge on any atom is -0.316 e. The van der Waals surface area contributed by atoms with Gasteiger partial charge in [0.1, 0.15) is 0 Å². The van der Waals surface area contributed by atoms with Crippen molar-refractivity contribution in [3.05, 3.63) is 0 Å². The highest BCUT2D eigenvalue weighted by Gasteiger charge is 2.41. The van der Waals surface area contributed by atoms with Crippen LogP contribution < -0.4 is 5.32 Å². The van der Waals surface area contributed by atoms with E-state index in [0.717, 1.165) is 5.92 Å². The average molecular weight is 269 g/mol. The SMILES string of the molecule is CCN(CCCN(C)C)CC1CCC(C)(C)C1NC. The highest BCUT2D eigenvalue weighted by molar-refractivity contribution is 4.96. The molecule has 2 unspecified atom stereocenters. The predicted octanol–water partition coefficient (Wildman–Crippen LogP) is 2.28. The molecule has 1 rings (SSSR count). The first kappa shape index (κ1) is 16.9. The lowest BCUT2D eigenvalue weighted by Crippen LogP contribution is -2.44. The van der Waals surface area contributed by atoms with Crippen LogP contribution in [0.25, 0.3) is 0 Å². The summed E-state index contributed by atoms with van der Waals surface area (Å²) in [7, 11) is 6.45. The summed E-state index contributed by atoms with van der Waals surface area (Å²) in [6.07, 6.45) is 4.02. The fourth-order valence-electron chi connectivity index (χ4n) is 3.66. The van der Waals surface area contributed by atoms with Gasteiger partial charge in [0.05, 0.1) is 0 Å². The van der Waals surface area contributed by atoms with Gasteiger partial charge in [-0.05, 0) is 71.4 Å². The summed E-state index contributed by atoms with van der Waals surface area (Å²) in [4.78, 5) is 4.92. The van der Waals surface area contributed by atoms with Gasteiger partial charge in [0.15, 0.2) is 0 Å². The first-order valence-corrected chi connectivity index (χ1v) is 7.95. The van der Waals surface area contributed by atoms with Crippen LogP contribution in [0.5, 0.6) is 0 Å². The van der Waals surface area contributed by atoms with Crippen molar-refractivity contribution >= 4 is 0 Å². The van der Waals surface area contributed by atoms with Gasteiger partial charge in [-0.25, -0.2) is 0 Å². The van der Waals surface area contributed by atoms with E-state index < -0.39 is 0 Å². The Morgan fingerprint density at radius 2 is 1.89 bits per heavy atom. The minimum absolute atomic E-state index is 0.461. The van der Waals surface area contributed by atoms with Crippen LogP contribution in [0.3, 0.4) is 0 Å². The molecule has 1 N–H and O–H groups in total. The number of nitrogens with one attached hydrogen (secondary N) is 1. The minimum atomic E-state index is 0.461. The molecule has 0 aliphatic heterocycles. The van der Waals surface area contributed by atoms with Gasteiger partial charge in [-0.1, -0.05) is 20.8 Å². The lowest BCUT2D eigenvalue weighted by atomic mass is 9.85. The van der Waals surface area contributed by atoms with Gasteiger partial charge in [-0.2, -0.15) is 0 Å². The molecule has 1 aliphatic carbocycles. The second-order valence-corrected chi connectivity index (χ2v) is 7.10. The maximum absolute atomic E-state index is 3.57. The van der Waals surface area contributed by atoms with E-state index in [1.165, 1.54) is 45.4 Å². The molecule has 0 aromatic carbocycles. The summed E-state index contributed by atoms with van der Waals surface area (Å²) in [6.45, 7) is 12.0. The molecule has 114 valence electrons. The Morgan fingerprint density at radius 3 is 2.42 bits per heavy atom. The smallest absolute Gasteiger partial charge is 0.0156 e. The van der Waals surface area contributed by atoms with Crippen molar-refractivity contribution in [2.45, 2.75) is 46.1 Å². The molecule has 0 aromatic heterocycles. The average Bonchev–Trinajstić information content (AvgIpc) is 2.62. The van der Waals surface area contributed by atoms with Crippen molar-refractivity contribution in [2.75, 3.05) is 47.3 Å². The summed E-state index contributed by atoms with van der Waals surface area (Å²) in [5.74, 6) is 0.819. The Hall–Kier alpha value is -0.120. The van der Waals surface area contributed by atoms with Crippen LogP contribution in [0.2, 0.25) is 0 Å². The lowest BCUT2D eigenvalue weighted by molar-refractivity contribution is 0.189. The maximum Gasteiger partial charge on any atom is 0.0156 e. The molecule has 1 fully saturated rings. The van der Waals surface area contributed by atoms with E-state index in [4.69, 9.17) is 0 Å². The van der Waals surface area contributed by atoms with E-state index in [1.807, 2.05) is 0 Å². The fraction of sp³-hybridized carbons (Fsp3) is 1.00. The molecule has 1 aliphatic rings. The normalized spacial score (nSPS) is 26.5. The predicted molar refractivity (Wildman–Crippen MR) is 84.6 cm³/mol. The van der Waals surface area contributed by atoms with Crippen molar-refractivity contribution < 1.29 is 0 Å². The molecule has 0 saturated heterocycles. The van der Waals surface area contributed by atoms with Crippen LogP contribution in [0.15, 0.2) is 0 Å². The second-order valence-electron chi connectivity index (χ2n) is 7.10. The summed E-state index contributed by atoms with van der Waals surface area (Å²) < 4.78 is 0. The van der Waals surface area contributed by atoms with E-state index in [-0.39, 0.29) is 0 Å². The molecule has 0 radical (unpaired) electrons. The van der Waals surface area contributed by atoms with E-state index in [2.05, 4.69) is 57.0 Å². The Labute approximate surface area is 120 Å². The van der Waals surface area contributed by atoms with Gasteiger partial charge in [-0.3, -0.25) is 0 Å². The van der Waals surface area contributed by atoms with Crippen molar-refractivity contribution in [2.24, 2.45) is 11.3 Å². The Kier molecular flexibility index (Phi) is 6.78. The molecular weight excluding hydrogens is 234 g/mol. The molecule has 2 atom stereocenters. The van der Waals surface area contributed by atoms with Crippen molar-refractivity contribution in [1.82, 2.24) is 15.1 Å². The van der Waals surface area contributed by atoms with Crippen LogP contribution in [0.4, 0.5) is 0 Å². The van der Waals surface area contributed by atoms with Gasteiger partial charge in [-0.15, -0.1) is 0 Å². The quantitative estimate of drug-likeness (QED) is 0.729. The second kappa shape index (κ2) is 7.61. The summed E-state index contributed by atoms with van der Waals surface area (Å²) in [5.41, 5.74) is 0.461. The van der Waals surface area contributed by atoms with Gasteiger partial charge in [0, 0.05) is 12.6 Å². The molecule has 0 bridgehead atoms.